The summed E-state index contributed by atoms with van der Waals surface area (Å²) < 4.78 is 33.0. The quantitative estimate of drug-likeness (QED) is 0.445. The molecule has 9 nitrogen and oxygen atoms in total. The number of hydrogen-bond acceptors (Lipinski definition) is 8. The van der Waals surface area contributed by atoms with Gasteiger partial charge in [0.2, 0.25) is 21.8 Å². The average Bonchev–Trinajstić information content (AvgIpc) is 3.31. The van der Waals surface area contributed by atoms with Crippen molar-refractivity contribution < 1.29 is 12.8 Å². The van der Waals surface area contributed by atoms with Gasteiger partial charge in [-0.2, -0.15) is 0 Å². The van der Waals surface area contributed by atoms with Crippen molar-refractivity contribution in [3.8, 4) is 11.5 Å². The lowest BCUT2D eigenvalue weighted by molar-refractivity contribution is 0.431. The van der Waals surface area contributed by atoms with Gasteiger partial charge in [0.1, 0.15) is 11.6 Å². The average molecular weight is 485 g/mol. The molecule has 10 heteroatoms. The van der Waals surface area contributed by atoms with Crippen molar-refractivity contribution in [2.24, 2.45) is 17.6 Å². The van der Waals surface area contributed by atoms with Crippen LogP contribution in [-0.2, 0) is 10.0 Å². The summed E-state index contributed by atoms with van der Waals surface area (Å²) >= 11 is 0. The van der Waals surface area contributed by atoms with Gasteiger partial charge in [-0.3, -0.25) is 4.72 Å². The lowest BCUT2D eigenvalue weighted by Crippen LogP contribution is -2.23. The van der Waals surface area contributed by atoms with E-state index in [1.807, 2.05) is 55.3 Å². The fourth-order valence-electron chi connectivity index (χ4n) is 3.87. The first-order valence-corrected chi connectivity index (χ1v) is 13.2. The molecule has 1 saturated carbocycles. The van der Waals surface area contributed by atoms with Gasteiger partial charge in [0, 0.05) is 25.2 Å². The van der Waals surface area contributed by atoms with E-state index in [0.717, 1.165) is 12.1 Å². The first-order chi connectivity index (χ1) is 16.2. The van der Waals surface area contributed by atoms with Crippen LogP contribution in [0, 0.1) is 11.8 Å². The van der Waals surface area contributed by atoms with Crippen LogP contribution in [-0.4, -0.2) is 42.9 Å². The summed E-state index contributed by atoms with van der Waals surface area (Å²) in [6, 6.07) is 12.9. The molecule has 1 aromatic carbocycles. The van der Waals surface area contributed by atoms with Crippen LogP contribution < -0.4 is 15.4 Å². The van der Waals surface area contributed by atoms with Gasteiger partial charge in [-0.25, -0.2) is 13.4 Å². The molecule has 0 radical (unpaired) electrons. The third kappa shape index (κ3) is 5.56. The molecule has 1 aliphatic rings. The van der Waals surface area contributed by atoms with E-state index in [-0.39, 0.29) is 29.4 Å². The van der Waals surface area contributed by atoms with Crippen LogP contribution in [0.3, 0.4) is 0 Å². The van der Waals surface area contributed by atoms with Crippen LogP contribution in [0.25, 0.3) is 11.5 Å². The summed E-state index contributed by atoms with van der Waals surface area (Å²) in [6.07, 6.45) is 1.19. The van der Waals surface area contributed by atoms with E-state index in [1.54, 1.807) is 13.0 Å². The number of rotatable bonds is 10. The van der Waals surface area contributed by atoms with Crippen molar-refractivity contribution in [1.29, 1.82) is 0 Å². The maximum absolute atomic E-state index is 12.2. The Labute approximate surface area is 200 Å². The standard InChI is InChI=1S/C24H32N6O3S/c1-5-34(31,32)29-20-12-18(13-21(26-20)30(4)14-19-11-15(19)2)24-28-27-23(33-24)16(3)22(25)17-9-7-6-8-10-17/h6-10,12-13,15-16,19,22H,5,11,14,25H2,1-4H3,(H,26,29). The Kier molecular flexibility index (Phi) is 6.90. The molecular formula is C24H32N6O3S. The SMILES string of the molecule is CCS(=O)(=O)Nc1cc(-c2nnc(C(C)C(N)c3ccccc3)o2)cc(N(C)CC2CC2C)n1. The Morgan fingerprint density at radius 1 is 1.24 bits per heavy atom. The minimum Gasteiger partial charge on any atom is -0.420 e. The first kappa shape index (κ1) is 24.2. The highest BCUT2D eigenvalue weighted by atomic mass is 32.2. The lowest BCUT2D eigenvalue weighted by Gasteiger charge is -2.20. The number of sulfonamides is 1. The van der Waals surface area contributed by atoms with Crippen LogP contribution in [0.4, 0.5) is 11.6 Å². The summed E-state index contributed by atoms with van der Waals surface area (Å²) in [5, 5.41) is 8.46. The van der Waals surface area contributed by atoms with Crippen LogP contribution in [0.15, 0.2) is 46.9 Å². The highest BCUT2D eigenvalue weighted by molar-refractivity contribution is 7.92. The van der Waals surface area contributed by atoms with Gasteiger partial charge < -0.3 is 15.1 Å². The van der Waals surface area contributed by atoms with Gasteiger partial charge >= 0.3 is 0 Å². The zero-order valence-corrected chi connectivity index (χ0v) is 20.8. The smallest absolute Gasteiger partial charge is 0.248 e. The van der Waals surface area contributed by atoms with Gasteiger partial charge in [-0.1, -0.05) is 44.2 Å². The number of nitrogens with two attached hydrogens (primary N) is 1. The molecule has 3 N–H and O–H groups in total. The summed E-state index contributed by atoms with van der Waals surface area (Å²) in [6.45, 7) is 6.59. The predicted octanol–water partition coefficient (Wildman–Crippen LogP) is 3.79. The summed E-state index contributed by atoms with van der Waals surface area (Å²) in [7, 11) is -1.54. The molecule has 4 rings (SSSR count). The molecule has 3 aromatic rings. The van der Waals surface area contributed by atoms with Gasteiger partial charge in [-0.05, 0) is 42.9 Å². The third-order valence-corrected chi connectivity index (χ3v) is 7.71. The van der Waals surface area contributed by atoms with Crippen molar-refractivity contribution in [2.45, 2.75) is 39.2 Å². The van der Waals surface area contributed by atoms with E-state index in [1.165, 1.54) is 6.42 Å². The van der Waals surface area contributed by atoms with Gasteiger partial charge in [0.05, 0.1) is 11.7 Å². The van der Waals surface area contributed by atoms with Gasteiger partial charge in [0.25, 0.3) is 0 Å². The fourth-order valence-corrected chi connectivity index (χ4v) is 4.44. The number of pyridine rings is 1. The van der Waals surface area contributed by atoms with Crippen LogP contribution in [0.5, 0.6) is 0 Å². The molecule has 0 bridgehead atoms. The van der Waals surface area contributed by atoms with Crippen LogP contribution in [0.2, 0.25) is 0 Å². The van der Waals surface area contributed by atoms with E-state index in [9.17, 15) is 8.42 Å². The van der Waals surface area contributed by atoms with Crippen LogP contribution >= 0.6 is 0 Å². The maximum Gasteiger partial charge on any atom is 0.248 e. The van der Waals surface area contributed by atoms with Crippen molar-refractivity contribution in [2.75, 3.05) is 29.0 Å². The molecule has 1 fully saturated rings. The zero-order chi connectivity index (χ0) is 24.5. The van der Waals surface area contributed by atoms with Crippen molar-refractivity contribution in [3.05, 3.63) is 53.9 Å². The second-order valence-electron chi connectivity index (χ2n) is 9.13. The highest BCUT2D eigenvalue weighted by Gasteiger charge is 2.33. The number of aromatic nitrogens is 3. The Morgan fingerprint density at radius 3 is 2.59 bits per heavy atom. The molecule has 2 aromatic heterocycles. The zero-order valence-electron chi connectivity index (χ0n) is 20.0. The fraction of sp³-hybridized carbons (Fsp3) is 0.458. The molecule has 4 unspecified atom stereocenters. The van der Waals surface area contributed by atoms with Crippen molar-refractivity contribution >= 4 is 21.7 Å². The number of nitrogens with zero attached hydrogens (tertiary/aromatic N) is 4. The number of nitrogens with one attached hydrogen (secondary N) is 1. The van der Waals surface area contributed by atoms with Gasteiger partial charge in [0.15, 0.2) is 0 Å². The second kappa shape index (κ2) is 9.71. The molecule has 0 aliphatic heterocycles. The van der Waals surface area contributed by atoms with Gasteiger partial charge in [-0.15, -0.1) is 10.2 Å². The summed E-state index contributed by atoms with van der Waals surface area (Å²) in [4.78, 5) is 6.57. The molecule has 1 aliphatic carbocycles. The second-order valence-corrected chi connectivity index (χ2v) is 11.1. The van der Waals surface area contributed by atoms with E-state index < -0.39 is 10.0 Å². The van der Waals surface area contributed by atoms with Crippen LogP contribution in [0.1, 0.15) is 50.6 Å². The molecule has 182 valence electrons. The number of benzene rings is 1. The Balaban J connectivity index is 1.63. The summed E-state index contributed by atoms with van der Waals surface area (Å²) in [5.74, 6) is 2.61. The van der Waals surface area contributed by atoms with E-state index in [4.69, 9.17) is 10.2 Å². The monoisotopic (exact) mass is 484 g/mol. The lowest BCUT2D eigenvalue weighted by atomic mass is 9.95. The molecule has 2 heterocycles. The number of anilines is 2. The topological polar surface area (TPSA) is 127 Å². The Hall–Kier alpha value is -2.98. The Bertz CT molecular complexity index is 1230. The van der Waals surface area contributed by atoms with Crippen molar-refractivity contribution in [3.63, 3.8) is 0 Å². The molecule has 4 atom stereocenters. The molecule has 34 heavy (non-hydrogen) atoms. The predicted molar refractivity (Wildman–Crippen MR) is 133 cm³/mol. The Morgan fingerprint density at radius 2 is 1.94 bits per heavy atom. The van der Waals surface area contributed by atoms with E-state index in [0.29, 0.717) is 29.1 Å². The highest BCUT2D eigenvalue weighted by Crippen LogP contribution is 2.39. The maximum atomic E-state index is 12.2. The molecule has 0 spiro atoms. The normalized spacial score (nSPS) is 19.4. The minimum atomic E-state index is -3.50. The number of hydrogen-bond donors (Lipinski definition) is 2. The molecule has 0 amide bonds. The van der Waals surface area contributed by atoms with E-state index in [2.05, 4.69) is 26.8 Å². The summed E-state index contributed by atoms with van der Waals surface area (Å²) in [5.41, 5.74) is 8.00. The molecule has 0 saturated heterocycles. The third-order valence-electron chi connectivity index (χ3n) is 6.43. The minimum absolute atomic E-state index is 0.0523. The molecular weight excluding hydrogens is 452 g/mol. The van der Waals surface area contributed by atoms with E-state index >= 15 is 0 Å². The largest absolute Gasteiger partial charge is 0.420 e. The first-order valence-electron chi connectivity index (χ1n) is 11.5. The van der Waals surface area contributed by atoms with Crippen molar-refractivity contribution in [1.82, 2.24) is 15.2 Å².